The first-order chi connectivity index (χ1) is 34.1. The highest BCUT2D eigenvalue weighted by molar-refractivity contribution is 5.70. The van der Waals surface area contributed by atoms with Crippen LogP contribution in [-0.2, 0) is 33.3 Å². The highest BCUT2D eigenvalue weighted by Crippen LogP contribution is 2.18. The predicted octanol–water partition coefficient (Wildman–Crippen LogP) is 16.0. The van der Waals surface area contributed by atoms with Crippen LogP contribution < -0.4 is 5.11 Å². The van der Waals surface area contributed by atoms with Crippen molar-refractivity contribution in [1.82, 2.24) is 0 Å². The SMILES string of the molecule is CC/C=C\C/C=C\C/C=C\CCCCCCCC(=O)OC(COC(=O)CCCCCCCCCCCCCCCCCCCCCCCCCCCCCCCC)COC(OCC[N+](C)(C)C)C(=O)[O-]. The van der Waals surface area contributed by atoms with Crippen LogP contribution in [0.25, 0.3) is 0 Å². The number of aliphatic carboxylic acids is 1. The van der Waals surface area contributed by atoms with Crippen molar-refractivity contribution in [2.24, 2.45) is 0 Å². The van der Waals surface area contributed by atoms with Crippen LogP contribution in [0, 0.1) is 0 Å². The standard InChI is InChI=1S/C61H113NO8/c1-6-8-10-12-14-16-18-20-22-23-24-25-26-27-28-29-30-31-32-33-34-35-36-38-39-41-43-45-47-49-51-58(63)68-55-57(56-69-61(60(65)66)67-54-53-62(3,4)5)70-59(64)52-50-48-46-44-42-40-37-21-19-17-15-13-11-9-7-2/h9,11,15,17,21,37,57,61H,6-8,10,12-14,16,18-20,22-36,38-56H2,1-5H3/b11-9-,17-15-,37-21-. The lowest BCUT2D eigenvalue weighted by Gasteiger charge is -2.26. The summed E-state index contributed by atoms with van der Waals surface area (Å²) in [5.41, 5.74) is 0. The Hall–Kier alpha value is -2.49. The Kier molecular flexibility index (Phi) is 50.9. The average molecular weight is 989 g/mol. The maximum Gasteiger partial charge on any atom is 0.306 e. The summed E-state index contributed by atoms with van der Waals surface area (Å²) in [5.74, 6) is -2.29. The second-order valence-electron chi connectivity index (χ2n) is 21.3. The number of carbonyl (C=O) groups excluding carboxylic acids is 3. The van der Waals surface area contributed by atoms with Crippen LogP contribution in [0.3, 0.4) is 0 Å². The Bertz CT molecular complexity index is 1240. The molecule has 0 aromatic carbocycles. The van der Waals surface area contributed by atoms with Crippen molar-refractivity contribution >= 4 is 17.9 Å². The minimum absolute atomic E-state index is 0.145. The van der Waals surface area contributed by atoms with E-state index in [1.807, 2.05) is 21.1 Å². The van der Waals surface area contributed by atoms with E-state index in [0.717, 1.165) is 70.6 Å². The molecule has 410 valence electrons. The lowest BCUT2D eigenvalue weighted by Crippen LogP contribution is -2.44. The molecular weight excluding hydrogens is 875 g/mol. The van der Waals surface area contributed by atoms with Gasteiger partial charge in [0.05, 0.1) is 40.3 Å². The molecule has 0 spiro atoms. The Morgan fingerprint density at radius 3 is 1.21 bits per heavy atom. The molecule has 0 aromatic heterocycles. The topological polar surface area (TPSA) is 111 Å². The van der Waals surface area contributed by atoms with Crippen LogP contribution in [0.1, 0.15) is 277 Å². The van der Waals surface area contributed by atoms with Gasteiger partial charge < -0.3 is 33.3 Å². The van der Waals surface area contributed by atoms with Gasteiger partial charge in [-0.1, -0.05) is 256 Å². The average Bonchev–Trinajstić information content (AvgIpc) is 3.33. The van der Waals surface area contributed by atoms with Gasteiger partial charge in [-0.15, -0.1) is 0 Å². The number of hydrogen-bond donors (Lipinski definition) is 0. The fraction of sp³-hybridized carbons (Fsp3) is 0.852. The summed E-state index contributed by atoms with van der Waals surface area (Å²) in [4.78, 5) is 37.2. The summed E-state index contributed by atoms with van der Waals surface area (Å²) in [6.07, 6.45) is 60.8. The van der Waals surface area contributed by atoms with Crippen LogP contribution in [0.2, 0.25) is 0 Å². The van der Waals surface area contributed by atoms with Crippen molar-refractivity contribution in [1.29, 1.82) is 0 Å². The van der Waals surface area contributed by atoms with Crippen molar-refractivity contribution in [3.8, 4) is 0 Å². The highest BCUT2D eigenvalue weighted by atomic mass is 16.7. The molecule has 0 saturated carbocycles. The summed E-state index contributed by atoms with van der Waals surface area (Å²) in [7, 11) is 5.92. The maximum atomic E-state index is 12.8. The van der Waals surface area contributed by atoms with Gasteiger partial charge in [0.2, 0.25) is 0 Å². The van der Waals surface area contributed by atoms with Gasteiger partial charge in [0.1, 0.15) is 13.2 Å². The minimum atomic E-state index is -1.62. The molecule has 0 fully saturated rings. The Morgan fingerprint density at radius 1 is 0.443 bits per heavy atom. The Morgan fingerprint density at radius 2 is 0.814 bits per heavy atom. The van der Waals surface area contributed by atoms with Gasteiger partial charge in [-0.3, -0.25) is 9.59 Å². The van der Waals surface area contributed by atoms with Gasteiger partial charge in [0, 0.05) is 12.8 Å². The molecular formula is C61H113NO8. The molecule has 0 aliphatic carbocycles. The molecule has 0 aromatic rings. The molecule has 2 unspecified atom stereocenters. The van der Waals surface area contributed by atoms with Crippen LogP contribution in [0.5, 0.6) is 0 Å². The molecule has 0 aliphatic heterocycles. The first kappa shape index (κ1) is 67.5. The number of carboxylic acids is 1. The zero-order chi connectivity index (χ0) is 51.3. The molecule has 0 saturated heterocycles. The smallest absolute Gasteiger partial charge is 0.306 e. The maximum absolute atomic E-state index is 12.8. The zero-order valence-corrected chi connectivity index (χ0v) is 46.7. The van der Waals surface area contributed by atoms with Gasteiger partial charge >= 0.3 is 11.9 Å². The minimum Gasteiger partial charge on any atom is -0.545 e. The van der Waals surface area contributed by atoms with E-state index >= 15 is 0 Å². The second kappa shape index (κ2) is 52.8. The normalized spacial score (nSPS) is 13.0. The van der Waals surface area contributed by atoms with Gasteiger partial charge in [-0.25, -0.2) is 0 Å². The molecule has 0 aliphatic rings. The summed E-state index contributed by atoms with van der Waals surface area (Å²) < 4.78 is 22.7. The Labute approximate surface area is 432 Å². The molecule has 9 heteroatoms. The van der Waals surface area contributed by atoms with E-state index in [1.54, 1.807) is 0 Å². The number of likely N-dealkylation sites (N-methyl/N-ethyl adjacent to an activating group) is 1. The van der Waals surface area contributed by atoms with E-state index in [2.05, 4.69) is 50.3 Å². The fourth-order valence-corrected chi connectivity index (χ4v) is 8.61. The summed E-state index contributed by atoms with van der Waals surface area (Å²) in [6, 6.07) is 0. The number of nitrogens with zero attached hydrogens (tertiary/aromatic N) is 1. The largest absolute Gasteiger partial charge is 0.545 e. The number of carbonyl (C=O) groups is 3. The van der Waals surface area contributed by atoms with Gasteiger partial charge in [-0.2, -0.15) is 0 Å². The van der Waals surface area contributed by atoms with Crippen LogP contribution in [0.4, 0.5) is 0 Å². The van der Waals surface area contributed by atoms with E-state index in [4.69, 9.17) is 18.9 Å². The fourth-order valence-electron chi connectivity index (χ4n) is 8.61. The molecule has 2 atom stereocenters. The van der Waals surface area contributed by atoms with E-state index in [1.165, 1.54) is 173 Å². The molecule has 0 rings (SSSR count). The van der Waals surface area contributed by atoms with Crippen molar-refractivity contribution in [2.75, 3.05) is 47.5 Å². The molecule has 0 amide bonds. The van der Waals surface area contributed by atoms with Crippen molar-refractivity contribution in [3.05, 3.63) is 36.5 Å². The number of quaternary nitrogens is 1. The molecule has 0 bridgehead atoms. The quantitative estimate of drug-likeness (QED) is 0.0195. The summed E-state index contributed by atoms with van der Waals surface area (Å²) in [5, 5.41) is 11.8. The third-order valence-electron chi connectivity index (χ3n) is 13.2. The molecule has 0 heterocycles. The first-order valence-electron chi connectivity index (χ1n) is 29.6. The third kappa shape index (κ3) is 53.3. The number of rotatable bonds is 55. The third-order valence-corrected chi connectivity index (χ3v) is 13.2. The lowest BCUT2D eigenvalue weighted by atomic mass is 10.0. The summed E-state index contributed by atoms with van der Waals surface area (Å²) >= 11 is 0. The number of carboxylic acid groups (broad SMARTS) is 1. The van der Waals surface area contributed by atoms with E-state index in [9.17, 15) is 19.5 Å². The second-order valence-corrected chi connectivity index (χ2v) is 21.3. The number of hydrogen-bond acceptors (Lipinski definition) is 8. The number of unbranched alkanes of at least 4 members (excludes halogenated alkanes) is 34. The Balaban J connectivity index is 4.08. The van der Waals surface area contributed by atoms with E-state index < -0.39 is 24.3 Å². The van der Waals surface area contributed by atoms with Crippen molar-refractivity contribution in [2.45, 2.75) is 289 Å². The van der Waals surface area contributed by atoms with Crippen molar-refractivity contribution in [3.63, 3.8) is 0 Å². The molecule has 70 heavy (non-hydrogen) atoms. The zero-order valence-electron chi connectivity index (χ0n) is 46.7. The molecule has 0 N–H and O–H groups in total. The number of esters is 2. The molecule has 0 radical (unpaired) electrons. The van der Waals surface area contributed by atoms with Crippen LogP contribution in [0.15, 0.2) is 36.5 Å². The van der Waals surface area contributed by atoms with Crippen molar-refractivity contribution < 1.29 is 42.9 Å². The van der Waals surface area contributed by atoms with Gasteiger partial charge in [0.25, 0.3) is 0 Å². The van der Waals surface area contributed by atoms with Crippen LogP contribution in [-0.4, -0.2) is 82.3 Å². The van der Waals surface area contributed by atoms with Gasteiger partial charge in [0.15, 0.2) is 12.4 Å². The lowest BCUT2D eigenvalue weighted by molar-refractivity contribution is -0.870. The van der Waals surface area contributed by atoms with E-state index in [0.29, 0.717) is 23.9 Å². The highest BCUT2D eigenvalue weighted by Gasteiger charge is 2.22. The van der Waals surface area contributed by atoms with Gasteiger partial charge in [-0.05, 0) is 44.9 Å². The molecule has 9 nitrogen and oxygen atoms in total. The first-order valence-corrected chi connectivity index (χ1v) is 29.6. The van der Waals surface area contributed by atoms with Crippen LogP contribution >= 0.6 is 0 Å². The number of ether oxygens (including phenoxy) is 4. The monoisotopic (exact) mass is 988 g/mol. The summed E-state index contributed by atoms with van der Waals surface area (Å²) in [6.45, 7) is 4.65. The predicted molar refractivity (Wildman–Crippen MR) is 293 cm³/mol. The number of allylic oxidation sites excluding steroid dienone is 6. The van der Waals surface area contributed by atoms with E-state index in [-0.39, 0.29) is 32.2 Å².